The average Bonchev–Trinajstić information content (AvgIpc) is 2.03. The van der Waals surface area contributed by atoms with Crippen molar-refractivity contribution in [3.8, 4) is 12.3 Å². The highest BCUT2D eigenvalue weighted by Crippen LogP contribution is 2.01. The zero-order chi connectivity index (χ0) is 8.36. The number of rotatable bonds is 7. The van der Waals surface area contributed by atoms with Gasteiger partial charge in [-0.05, 0) is 12.8 Å². The molecule has 0 fully saturated rings. The van der Waals surface area contributed by atoms with Crippen LogP contribution in [0.3, 0.4) is 0 Å². The van der Waals surface area contributed by atoms with Crippen LogP contribution in [-0.4, -0.2) is 18.5 Å². The van der Waals surface area contributed by atoms with E-state index in [-0.39, 0.29) is 0 Å². The fourth-order valence-corrected chi connectivity index (χ4v) is 1.18. The van der Waals surface area contributed by atoms with Gasteiger partial charge < -0.3 is 4.74 Å². The molecule has 0 atom stereocenters. The Balaban J connectivity index is 2.75. The van der Waals surface area contributed by atoms with E-state index in [0.717, 1.165) is 18.4 Å². The number of hydrogen-bond acceptors (Lipinski definition) is 1. The number of alkyl halides is 1. The van der Waals surface area contributed by atoms with Crippen molar-refractivity contribution < 1.29 is 4.74 Å². The Morgan fingerprint density at radius 3 is 2.55 bits per heavy atom. The minimum absolute atomic E-state index is 0.457. The topological polar surface area (TPSA) is 9.23 Å². The van der Waals surface area contributed by atoms with Gasteiger partial charge in [0.15, 0.2) is 0 Å². The van der Waals surface area contributed by atoms with Crippen LogP contribution in [0.15, 0.2) is 0 Å². The van der Waals surface area contributed by atoms with Crippen LogP contribution in [-0.2, 0) is 4.74 Å². The van der Waals surface area contributed by atoms with Crippen molar-refractivity contribution >= 4 is 15.9 Å². The minimum Gasteiger partial charge on any atom is -0.369 e. The number of halogens is 1. The van der Waals surface area contributed by atoms with E-state index < -0.39 is 0 Å². The Labute approximate surface area is 77.6 Å². The van der Waals surface area contributed by atoms with Gasteiger partial charge in [-0.2, -0.15) is 0 Å². The zero-order valence-corrected chi connectivity index (χ0v) is 8.40. The largest absolute Gasteiger partial charge is 0.369 e. The molecule has 0 unspecified atom stereocenters. The van der Waals surface area contributed by atoms with Crippen molar-refractivity contribution in [3.63, 3.8) is 0 Å². The predicted molar refractivity (Wildman–Crippen MR) is 51.9 cm³/mol. The van der Waals surface area contributed by atoms with Gasteiger partial charge in [-0.15, -0.1) is 6.42 Å². The van der Waals surface area contributed by atoms with Gasteiger partial charge in [0.25, 0.3) is 0 Å². The number of ether oxygens (including phenoxy) is 1. The van der Waals surface area contributed by atoms with Gasteiger partial charge in [0.05, 0.1) is 0 Å². The van der Waals surface area contributed by atoms with Crippen molar-refractivity contribution in [2.45, 2.75) is 25.7 Å². The van der Waals surface area contributed by atoms with Gasteiger partial charge in [0.2, 0.25) is 0 Å². The molecule has 64 valence electrons. The summed E-state index contributed by atoms with van der Waals surface area (Å²) in [6, 6.07) is 0. The first-order valence-electron chi connectivity index (χ1n) is 3.99. The van der Waals surface area contributed by atoms with E-state index in [2.05, 4.69) is 21.9 Å². The second kappa shape index (κ2) is 10.0. The fourth-order valence-electron chi connectivity index (χ4n) is 0.783. The first kappa shape index (κ1) is 11.0. The van der Waals surface area contributed by atoms with Gasteiger partial charge >= 0.3 is 0 Å². The van der Waals surface area contributed by atoms with Gasteiger partial charge in [0, 0.05) is 11.9 Å². The second-order valence-electron chi connectivity index (χ2n) is 2.36. The molecule has 0 aromatic rings. The lowest BCUT2D eigenvalue weighted by atomic mass is 10.2. The molecule has 11 heavy (non-hydrogen) atoms. The molecule has 0 amide bonds. The third kappa shape index (κ3) is 10.0. The van der Waals surface area contributed by atoms with Crippen LogP contribution in [0.5, 0.6) is 0 Å². The van der Waals surface area contributed by atoms with E-state index in [1.54, 1.807) is 0 Å². The molecule has 0 aromatic heterocycles. The molecule has 0 aromatic carbocycles. The molecule has 0 N–H and O–H groups in total. The lowest BCUT2D eigenvalue weighted by Crippen LogP contribution is -1.94. The third-order valence-electron chi connectivity index (χ3n) is 1.36. The van der Waals surface area contributed by atoms with E-state index in [9.17, 15) is 0 Å². The SMILES string of the molecule is C#CCOCCCCCCBr. The highest BCUT2D eigenvalue weighted by Gasteiger charge is 1.88. The third-order valence-corrected chi connectivity index (χ3v) is 1.92. The summed E-state index contributed by atoms with van der Waals surface area (Å²) in [6.07, 6.45) is 9.93. The molecule has 1 nitrogen and oxygen atoms in total. The van der Waals surface area contributed by atoms with Crippen LogP contribution in [0.1, 0.15) is 25.7 Å². The predicted octanol–water partition coefficient (Wildman–Crippen LogP) is 2.59. The molecular weight excluding hydrogens is 204 g/mol. The molecule has 0 radical (unpaired) electrons. The summed E-state index contributed by atoms with van der Waals surface area (Å²) in [5.74, 6) is 2.44. The summed E-state index contributed by atoms with van der Waals surface area (Å²) in [6.45, 7) is 1.27. The first-order chi connectivity index (χ1) is 5.41. The monoisotopic (exact) mass is 218 g/mol. The van der Waals surface area contributed by atoms with E-state index >= 15 is 0 Å². The number of hydrogen-bond donors (Lipinski definition) is 0. The van der Waals surface area contributed by atoms with Crippen molar-refractivity contribution in [3.05, 3.63) is 0 Å². The quantitative estimate of drug-likeness (QED) is 0.363. The summed E-state index contributed by atoms with van der Waals surface area (Å²) in [4.78, 5) is 0. The van der Waals surface area contributed by atoms with Crippen molar-refractivity contribution in [1.82, 2.24) is 0 Å². The Hall–Kier alpha value is 0. The fraction of sp³-hybridized carbons (Fsp3) is 0.778. The molecule has 0 saturated heterocycles. The summed E-state index contributed by atoms with van der Waals surface area (Å²) < 4.78 is 5.12. The van der Waals surface area contributed by atoms with E-state index in [1.807, 2.05) is 0 Å². The minimum atomic E-state index is 0.457. The molecular formula is C9H15BrO. The van der Waals surface area contributed by atoms with E-state index in [1.165, 1.54) is 19.3 Å². The summed E-state index contributed by atoms with van der Waals surface area (Å²) in [5, 5.41) is 1.11. The summed E-state index contributed by atoms with van der Waals surface area (Å²) >= 11 is 3.39. The Morgan fingerprint density at radius 1 is 1.18 bits per heavy atom. The van der Waals surface area contributed by atoms with Crippen LogP contribution < -0.4 is 0 Å². The Morgan fingerprint density at radius 2 is 1.91 bits per heavy atom. The van der Waals surface area contributed by atoms with Crippen LogP contribution in [0.4, 0.5) is 0 Å². The number of terminal acetylenes is 1. The number of unbranched alkanes of at least 4 members (excludes halogenated alkanes) is 3. The van der Waals surface area contributed by atoms with E-state index in [0.29, 0.717) is 6.61 Å². The standard InChI is InChI=1S/C9H15BrO/c1-2-8-11-9-6-4-3-5-7-10/h1H,3-9H2. The first-order valence-corrected chi connectivity index (χ1v) is 5.11. The molecule has 0 aliphatic carbocycles. The molecule has 0 aliphatic heterocycles. The molecule has 0 rings (SSSR count). The van der Waals surface area contributed by atoms with Crippen molar-refractivity contribution in [2.75, 3.05) is 18.5 Å². The lowest BCUT2D eigenvalue weighted by Gasteiger charge is -1.99. The molecule has 0 bridgehead atoms. The van der Waals surface area contributed by atoms with Crippen LogP contribution in [0.25, 0.3) is 0 Å². The van der Waals surface area contributed by atoms with E-state index in [4.69, 9.17) is 11.2 Å². The molecule has 0 spiro atoms. The van der Waals surface area contributed by atoms with Gasteiger partial charge in [-0.25, -0.2) is 0 Å². The van der Waals surface area contributed by atoms with Crippen LogP contribution in [0, 0.1) is 12.3 Å². The zero-order valence-electron chi connectivity index (χ0n) is 6.81. The maximum atomic E-state index is 5.12. The van der Waals surface area contributed by atoms with Gasteiger partial charge in [-0.1, -0.05) is 34.7 Å². The average molecular weight is 219 g/mol. The van der Waals surface area contributed by atoms with Gasteiger partial charge in [0.1, 0.15) is 6.61 Å². The maximum absolute atomic E-state index is 5.12. The Kier molecular flexibility index (Phi) is 10.0. The smallest absolute Gasteiger partial charge is 0.107 e. The second-order valence-corrected chi connectivity index (χ2v) is 3.15. The normalized spacial score (nSPS) is 9.45. The molecule has 0 heterocycles. The summed E-state index contributed by atoms with van der Waals surface area (Å²) in [7, 11) is 0. The van der Waals surface area contributed by atoms with Crippen molar-refractivity contribution in [1.29, 1.82) is 0 Å². The highest BCUT2D eigenvalue weighted by atomic mass is 79.9. The molecule has 0 aliphatic rings. The van der Waals surface area contributed by atoms with Crippen LogP contribution >= 0.6 is 15.9 Å². The summed E-state index contributed by atoms with van der Waals surface area (Å²) in [5.41, 5.74) is 0. The maximum Gasteiger partial charge on any atom is 0.107 e. The highest BCUT2D eigenvalue weighted by molar-refractivity contribution is 9.09. The lowest BCUT2D eigenvalue weighted by molar-refractivity contribution is 0.162. The molecule has 0 saturated carbocycles. The van der Waals surface area contributed by atoms with Gasteiger partial charge in [-0.3, -0.25) is 0 Å². The van der Waals surface area contributed by atoms with Crippen LogP contribution in [0.2, 0.25) is 0 Å². The Bertz CT molecular complexity index is 107. The van der Waals surface area contributed by atoms with Crippen molar-refractivity contribution in [2.24, 2.45) is 0 Å². The molecule has 2 heteroatoms.